The Balaban J connectivity index is 2.29. The Hall–Kier alpha value is -1.06. The zero-order valence-corrected chi connectivity index (χ0v) is 9.41. The van der Waals surface area contributed by atoms with E-state index in [0.29, 0.717) is 12.2 Å². The first kappa shape index (κ1) is 12.0. The van der Waals surface area contributed by atoms with Crippen molar-refractivity contribution in [3.63, 3.8) is 0 Å². The standard InChI is InChI=1S/C11H19NO3/c1-3-10(13)8-4-6-9(7-5-8)12-11(14)15-2/h8-9H,3-7H2,1-2H3,(H,12,14)/t8-,9-. The van der Waals surface area contributed by atoms with Crippen molar-refractivity contribution in [2.75, 3.05) is 7.11 Å². The third-order valence-corrected chi connectivity index (χ3v) is 3.04. The SMILES string of the molecule is CCC(=O)[C@H]1CC[C@H](NC(=O)OC)CC1. The summed E-state index contributed by atoms with van der Waals surface area (Å²) in [7, 11) is 1.36. The molecule has 0 atom stereocenters. The zero-order chi connectivity index (χ0) is 11.3. The van der Waals surface area contributed by atoms with E-state index in [1.807, 2.05) is 6.92 Å². The van der Waals surface area contributed by atoms with Crippen LogP contribution in [0.5, 0.6) is 0 Å². The Morgan fingerprint density at radius 1 is 1.27 bits per heavy atom. The number of methoxy groups -OCH3 is 1. The Labute approximate surface area is 90.4 Å². The highest BCUT2D eigenvalue weighted by Gasteiger charge is 2.25. The molecule has 86 valence electrons. The number of carbonyl (C=O) groups is 2. The maximum Gasteiger partial charge on any atom is 0.407 e. The molecule has 0 aromatic heterocycles. The van der Waals surface area contributed by atoms with E-state index in [4.69, 9.17) is 0 Å². The molecule has 0 aliphatic heterocycles. The van der Waals surface area contributed by atoms with Gasteiger partial charge in [-0.1, -0.05) is 6.92 Å². The number of amides is 1. The van der Waals surface area contributed by atoms with Crippen molar-refractivity contribution >= 4 is 11.9 Å². The second kappa shape index (κ2) is 5.73. The van der Waals surface area contributed by atoms with E-state index < -0.39 is 0 Å². The minimum atomic E-state index is -0.375. The molecule has 1 rings (SSSR count). The van der Waals surface area contributed by atoms with Crippen LogP contribution in [0.2, 0.25) is 0 Å². The number of alkyl carbamates (subject to hydrolysis) is 1. The molecular formula is C11H19NO3. The Morgan fingerprint density at radius 3 is 2.33 bits per heavy atom. The first-order valence-corrected chi connectivity index (χ1v) is 5.54. The predicted molar refractivity (Wildman–Crippen MR) is 56.6 cm³/mol. The van der Waals surface area contributed by atoms with Crippen LogP contribution in [0.3, 0.4) is 0 Å². The van der Waals surface area contributed by atoms with Gasteiger partial charge in [-0.3, -0.25) is 4.79 Å². The van der Waals surface area contributed by atoms with Gasteiger partial charge in [-0.25, -0.2) is 4.79 Å². The molecule has 0 unspecified atom stereocenters. The van der Waals surface area contributed by atoms with Gasteiger partial charge in [0.15, 0.2) is 0 Å². The third-order valence-electron chi connectivity index (χ3n) is 3.04. The molecule has 1 saturated carbocycles. The van der Waals surface area contributed by atoms with Crippen LogP contribution in [0.15, 0.2) is 0 Å². The van der Waals surface area contributed by atoms with Crippen molar-refractivity contribution in [1.29, 1.82) is 0 Å². The van der Waals surface area contributed by atoms with Crippen molar-refractivity contribution in [3.8, 4) is 0 Å². The number of nitrogens with one attached hydrogen (secondary N) is 1. The van der Waals surface area contributed by atoms with Crippen LogP contribution in [0.4, 0.5) is 4.79 Å². The van der Waals surface area contributed by atoms with Gasteiger partial charge in [-0.05, 0) is 25.7 Å². The Kier molecular flexibility index (Phi) is 4.59. The van der Waals surface area contributed by atoms with Gasteiger partial charge in [-0.15, -0.1) is 0 Å². The monoisotopic (exact) mass is 213 g/mol. The molecule has 0 aromatic rings. The number of rotatable bonds is 3. The first-order chi connectivity index (χ1) is 7.17. The van der Waals surface area contributed by atoms with Gasteiger partial charge < -0.3 is 10.1 Å². The molecule has 0 spiro atoms. The minimum Gasteiger partial charge on any atom is -0.453 e. The fourth-order valence-corrected chi connectivity index (χ4v) is 2.07. The number of Topliss-reactive ketones (excluding diaryl/α,β-unsaturated/α-hetero) is 1. The van der Waals surface area contributed by atoms with E-state index in [1.165, 1.54) is 7.11 Å². The molecule has 0 heterocycles. The van der Waals surface area contributed by atoms with E-state index in [1.54, 1.807) is 0 Å². The van der Waals surface area contributed by atoms with Crippen LogP contribution in [-0.2, 0) is 9.53 Å². The Morgan fingerprint density at radius 2 is 1.87 bits per heavy atom. The van der Waals surface area contributed by atoms with E-state index in [9.17, 15) is 9.59 Å². The highest BCUT2D eigenvalue weighted by molar-refractivity contribution is 5.80. The third kappa shape index (κ3) is 3.53. The van der Waals surface area contributed by atoms with Crippen molar-refractivity contribution < 1.29 is 14.3 Å². The highest BCUT2D eigenvalue weighted by atomic mass is 16.5. The second-order valence-electron chi connectivity index (χ2n) is 4.00. The lowest BCUT2D eigenvalue weighted by molar-refractivity contribution is -0.123. The van der Waals surface area contributed by atoms with Crippen molar-refractivity contribution in [2.45, 2.75) is 45.1 Å². The summed E-state index contributed by atoms with van der Waals surface area (Å²) >= 11 is 0. The highest BCUT2D eigenvalue weighted by Crippen LogP contribution is 2.25. The fourth-order valence-electron chi connectivity index (χ4n) is 2.07. The maximum atomic E-state index is 11.4. The largest absolute Gasteiger partial charge is 0.453 e. The molecular weight excluding hydrogens is 194 g/mol. The summed E-state index contributed by atoms with van der Waals surface area (Å²) in [6.45, 7) is 1.90. The van der Waals surface area contributed by atoms with Gasteiger partial charge in [0.25, 0.3) is 0 Å². The van der Waals surface area contributed by atoms with Crippen LogP contribution in [0.25, 0.3) is 0 Å². The van der Waals surface area contributed by atoms with Gasteiger partial charge in [0.2, 0.25) is 0 Å². The van der Waals surface area contributed by atoms with Crippen molar-refractivity contribution in [3.05, 3.63) is 0 Å². The zero-order valence-electron chi connectivity index (χ0n) is 9.41. The molecule has 0 saturated heterocycles. The average molecular weight is 213 g/mol. The van der Waals surface area contributed by atoms with Gasteiger partial charge in [-0.2, -0.15) is 0 Å². The second-order valence-corrected chi connectivity index (χ2v) is 4.00. The number of ether oxygens (including phenoxy) is 1. The summed E-state index contributed by atoms with van der Waals surface area (Å²) in [5.41, 5.74) is 0. The Bertz CT molecular complexity index is 232. The van der Waals surface area contributed by atoms with Crippen LogP contribution in [-0.4, -0.2) is 25.0 Å². The van der Waals surface area contributed by atoms with Gasteiger partial charge in [0.05, 0.1) is 7.11 Å². The van der Waals surface area contributed by atoms with Gasteiger partial charge in [0.1, 0.15) is 5.78 Å². The summed E-state index contributed by atoms with van der Waals surface area (Å²) in [4.78, 5) is 22.4. The molecule has 1 aliphatic carbocycles. The maximum absolute atomic E-state index is 11.4. The molecule has 1 fully saturated rings. The van der Waals surface area contributed by atoms with E-state index >= 15 is 0 Å². The molecule has 15 heavy (non-hydrogen) atoms. The summed E-state index contributed by atoms with van der Waals surface area (Å²) in [5, 5.41) is 2.77. The van der Waals surface area contributed by atoms with Crippen LogP contribution < -0.4 is 5.32 Å². The molecule has 4 nitrogen and oxygen atoms in total. The topological polar surface area (TPSA) is 55.4 Å². The van der Waals surface area contributed by atoms with E-state index in [0.717, 1.165) is 25.7 Å². The first-order valence-electron chi connectivity index (χ1n) is 5.54. The van der Waals surface area contributed by atoms with Crippen LogP contribution in [0.1, 0.15) is 39.0 Å². The minimum absolute atomic E-state index is 0.179. The molecule has 0 bridgehead atoms. The van der Waals surface area contributed by atoms with Gasteiger partial charge >= 0.3 is 6.09 Å². The fraction of sp³-hybridized carbons (Fsp3) is 0.818. The lowest BCUT2D eigenvalue weighted by Crippen LogP contribution is -2.38. The quantitative estimate of drug-likeness (QED) is 0.778. The summed E-state index contributed by atoms with van der Waals surface area (Å²) in [6.07, 6.45) is 3.79. The number of hydrogen-bond acceptors (Lipinski definition) is 3. The summed E-state index contributed by atoms with van der Waals surface area (Å²) < 4.78 is 4.53. The molecule has 1 N–H and O–H groups in total. The molecule has 1 amide bonds. The number of hydrogen-bond donors (Lipinski definition) is 1. The molecule has 0 radical (unpaired) electrons. The molecule has 4 heteroatoms. The number of ketones is 1. The lowest BCUT2D eigenvalue weighted by atomic mass is 9.83. The van der Waals surface area contributed by atoms with Gasteiger partial charge in [0, 0.05) is 18.4 Å². The van der Waals surface area contributed by atoms with E-state index in [-0.39, 0.29) is 18.1 Å². The number of carbonyl (C=O) groups excluding carboxylic acids is 2. The van der Waals surface area contributed by atoms with E-state index in [2.05, 4.69) is 10.1 Å². The summed E-state index contributed by atoms with van der Waals surface area (Å²) in [5.74, 6) is 0.567. The lowest BCUT2D eigenvalue weighted by Gasteiger charge is -2.27. The van der Waals surface area contributed by atoms with Crippen LogP contribution >= 0.6 is 0 Å². The normalized spacial score (nSPS) is 25.7. The van der Waals surface area contributed by atoms with Crippen molar-refractivity contribution in [1.82, 2.24) is 5.32 Å². The molecule has 1 aliphatic rings. The van der Waals surface area contributed by atoms with Crippen molar-refractivity contribution in [2.24, 2.45) is 5.92 Å². The van der Waals surface area contributed by atoms with Crippen LogP contribution in [0, 0.1) is 5.92 Å². The molecule has 0 aromatic carbocycles. The summed E-state index contributed by atoms with van der Waals surface area (Å²) in [6, 6.07) is 0.179. The smallest absolute Gasteiger partial charge is 0.407 e. The average Bonchev–Trinajstić information content (AvgIpc) is 2.29. The predicted octanol–water partition coefficient (Wildman–Crippen LogP) is 1.88.